The molecule has 1 saturated carbocycles. The maximum atomic E-state index is 12.3. The van der Waals surface area contributed by atoms with Crippen LogP contribution in [0, 0.1) is 10.1 Å². The zero-order chi connectivity index (χ0) is 14.8. The summed E-state index contributed by atoms with van der Waals surface area (Å²) in [5, 5.41) is 10.6. The van der Waals surface area contributed by atoms with Crippen molar-refractivity contribution in [1.82, 2.24) is 4.72 Å². The molecule has 0 aromatic heterocycles. The van der Waals surface area contributed by atoms with E-state index in [-0.39, 0.29) is 29.5 Å². The predicted octanol–water partition coefficient (Wildman–Crippen LogP) is 1.57. The second-order valence-corrected chi connectivity index (χ2v) is 6.73. The number of hydrogen-bond donors (Lipinski definition) is 2. The number of halogens is 1. The van der Waals surface area contributed by atoms with Crippen LogP contribution in [0.25, 0.3) is 0 Å². The number of nitro benzene ring substituents is 1. The van der Waals surface area contributed by atoms with Crippen LogP contribution < -0.4 is 10.5 Å². The number of nitro groups is 1. The Bertz CT molecular complexity index is 597. The van der Waals surface area contributed by atoms with Crippen LogP contribution in [0.5, 0.6) is 0 Å². The Kier molecular flexibility index (Phi) is 5.68. The number of hydrogen-bond acceptors (Lipinski definition) is 5. The SMILES string of the molecule is Cl.NCC1(NS(=O)(=O)c2ccc([N+](=O)[O-])cc2)CCCC1. The van der Waals surface area contributed by atoms with Crippen molar-refractivity contribution in [3.63, 3.8) is 0 Å². The molecular formula is C12H18ClN3O4S. The van der Waals surface area contributed by atoms with Gasteiger partial charge in [0, 0.05) is 24.2 Å². The molecule has 0 atom stereocenters. The fourth-order valence-electron chi connectivity index (χ4n) is 2.49. The van der Waals surface area contributed by atoms with Crippen LogP contribution in [0.3, 0.4) is 0 Å². The Morgan fingerprint density at radius 1 is 1.24 bits per heavy atom. The molecule has 1 aromatic rings. The van der Waals surface area contributed by atoms with Gasteiger partial charge in [-0.15, -0.1) is 12.4 Å². The molecule has 1 aliphatic rings. The molecule has 1 fully saturated rings. The molecule has 0 heterocycles. The lowest BCUT2D eigenvalue weighted by Crippen LogP contribution is -2.51. The minimum Gasteiger partial charge on any atom is -0.329 e. The smallest absolute Gasteiger partial charge is 0.269 e. The van der Waals surface area contributed by atoms with Gasteiger partial charge in [-0.1, -0.05) is 12.8 Å². The highest BCUT2D eigenvalue weighted by molar-refractivity contribution is 7.89. The van der Waals surface area contributed by atoms with E-state index in [4.69, 9.17) is 5.73 Å². The van der Waals surface area contributed by atoms with Crippen LogP contribution in [0.15, 0.2) is 29.2 Å². The molecule has 0 radical (unpaired) electrons. The minimum absolute atomic E-state index is 0. The second kappa shape index (κ2) is 6.69. The van der Waals surface area contributed by atoms with Gasteiger partial charge in [0.25, 0.3) is 5.69 Å². The molecule has 21 heavy (non-hydrogen) atoms. The van der Waals surface area contributed by atoms with E-state index in [0.29, 0.717) is 0 Å². The van der Waals surface area contributed by atoms with Gasteiger partial charge < -0.3 is 5.73 Å². The number of nitrogens with one attached hydrogen (secondary N) is 1. The quantitative estimate of drug-likeness (QED) is 0.626. The van der Waals surface area contributed by atoms with Gasteiger partial charge in [-0.25, -0.2) is 13.1 Å². The van der Waals surface area contributed by atoms with Gasteiger partial charge in [0.15, 0.2) is 0 Å². The molecule has 0 saturated heterocycles. The van der Waals surface area contributed by atoms with Crippen molar-refractivity contribution in [2.75, 3.05) is 6.54 Å². The lowest BCUT2D eigenvalue weighted by atomic mass is 10.0. The van der Waals surface area contributed by atoms with Crippen molar-refractivity contribution >= 4 is 28.1 Å². The molecule has 0 bridgehead atoms. The molecule has 0 spiro atoms. The Balaban J connectivity index is 0.00000220. The highest BCUT2D eigenvalue weighted by atomic mass is 35.5. The highest BCUT2D eigenvalue weighted by Crippen LogP contribution is 2.30. The number of benzene rings is 1. The van der Waals surface area contributed by atoms with Gasteiger partial charge in [0.05, 0.1) is 9.82 Å². The largest absolute Gasteiger partial charge is 0.329 e. The van der Waals surface area contributed by atoms with Crippen LogP contribution in [0.1, 0.15) is 25.7 Å². The van der Waals surface area contributed by atoms with E-state index in [1.54, 1.807) is 0 Å². The van der Waals surface area contributed by atoms with Crippen LogP contribution >= 0.6 is 12.4 Å². The van der Waals surface area contributed by atoms with E-state index in [1.807, 2.05) is 0 Å². The molecule has 2 rings (SSSR count). The minimum atomic E-state index is -3.71. The predicted molar refractivity (Wildman–Crippen MR) is 80.9 cm³/mol. The van der Waals surface area contributed by atoms with Crippen molar-refractivity contribution < 1.29 is 13.3 Å². The number of rotatable bonds is 5. The molecule has 0 aliphatic heterocycles. The summed E-state index contributed by atoms with van der Waals surface area (Å²) in [7, 11) is -3.71. The Hall–Kier alpha value is -1.22. The first-order valence-corrected chi connectivity index (χ1v) is 7.85. The summed E-state index contributed by atoms with van der Waals surface area (Å²) in [6, 6.07) is 4.83. The molecule has 7 nitrogen and oxygen atoms in total. The summed E-state index contributed by atoms with van der Waals surface area (Å²) in [6.07, 6.45) is 3.32. The van der Waals surface area contributed by atoms with E-state index in [9.17, 15) is 18.5 Å². The maximum absolute atomic E-state index is 12.3. The first kappa shape index (κ1) is 17.8. The van der Waals surface area contributed by atoms with Crippen LogP contribution in [0.4, 0.5) is 5.69 Å². The van der Waals surface area contributed by atoms with E-state index in [2.05, 4.69) is 4.72 Å². The fourth-order valence-corrected chi connectivity index (χ4v) is 3.96. The second-order valence-electron chi connectivity index (χ2n) is 5.05. The molecule has 118 valence electrons. The molecule has 0 unspecified atom stereocenters. The lowest BCUT2D eigenvalue weighted by Gasteiger charge is -2.28. The highest BCUT2D eigenvalue weighted by Gasteiger charge is 2.36. The summed E-state index contributed by atoms with van der Waals surface area (Å²) in [5.41, 5.74) is 4.98. The van der Waals surface area contributed by atoms with Crippen LogP contribution in [-0.2, 0) is 10.0 Å². The third-order valence-electron chi connectivity index (χ3n) is 3.66. The Morgan fingerprint density at radius 3 is 2.19 bits per heavy atom. The normalized spacial score (nSPS) is 17.2. The van der Waals surface area contributed by atoms with E-state index in [0.717, 1.165) is 25.7 Å². The van der Waals surface area contributed by atoms with Gasteiger partial charge in [-0.2, -0.15) is 0 Å². The van der Waals surface area contributed by atoms with E-state index < -0.39 is 20.5 Å². The number of sulfonamides is 1. The Labute approximate surface area is 129 Å². The monoisotopic (exact) mass is 335 g/mol. The maximum Gasteiger partial charge on any atom is 0.269 e. The molecular weight excluding hydrogens is 318 g/mol. The zero-order valence-electron chi connectivity index (χ0n) is 11.3. The van der Waals surface area contributed by atoms with Gasteiger partial charge in [0.2, 0.25) is 10.0 Å². The average molecular weight is 336 g/mol. The van der Waals surface area contributed by atoms with Crippen molar-refractivity contribution in [2.45, 2.75) is 36.1 Å². The van der Waals surface area contributed by atoms with Crippen molar-refractivity contribution in [2.24, 2.45) is 5.73 Å². The summed E-state index contributed by atoms with van der Waals surface area (Å²) >= 11 is 0. The van der Waals surface area contributed by atoms with Crippen molar-refractivity contribution in [3.8, 4) is 0 Å². The zero-order valence-corrected chi connectivity index (χ0v) is 13.0. The van der Waals surface area contributed by atoms with Gasteiger partial charge in [-0.05, 0) is 25.0 Å². The standard InChI is InChI=1S/C12H17N3O4S.ClH/c13-9-12(7-1-2-8-12)14-20(18,19)11-5-3-10(4-6-11)15(16)17;/h3-6,14H,1-2,7-9,13H2;1H. The first-order chi connectivity index (χ1) is 9.38. The third-order valence-corrected chi connectivity index (χ3v) is 5.25. The molecule has 3 N–H and O–H groups in total. The average Bonchev–Trinajstić information content (AvgIpc) is 2.87. The summed E-state index contributed by atoms with van der Waals surface area (Å²) < 4.78 is 27.3. The fraction of sp³-hybridized carbons (Fsp3) is 0.500. The number of nitrogens with two attached hydrogens (primary N) is 1. The molecule has 1 aromatic carbocycles. The van der Waals surface area contributed by atoms with Gasteiger partial charge >= 0.3 is 0 Å². The molecule has 9 heteroatoms. The summed E-state index contributed by atoms with van der Waals surface area (Å²) in [5.74, 6) is 0. The van der Waals surface area contributed by atoms with Crippen molar-refractivity contribution in [1.29, 1.82) is 0 Å². The van der Waals surface area contributed by atoms with E-state index in [1.165, 1.54) is 24.3 Å². The molecule has 0 amide bonds. The number of nitrogens with zero attached hydrogens (tertiary/aromatic N) is 1. The van der Waals surface area contributed by atoms with Gasteiger partial charge in [-0.3, -0.25) is 10.1 Å². The lowest BCUT2D eigenvalue weighted by molar-refractivity contribution is -0.384. The van der Waals surface area contributed by atoms with Gasteiger partial charge in [0.1, 0.15) is 0 Å². The summed E-state index contributed by atoms with van der Waals surface area (Å²) in [4.78, 5) is 10.0. The number of non-ortho nitro benzene ring substituents is 1. The third kappa shape index (κ3) is 3.91. The first-order valence-electron chi connectivity index (χ1n) is 6.37. The van der Waals surface area contributed by atoms with Crippen LogP contribution in [-0.4, -0.2) is 25.4 Å². The van der Waals surface area contributed by atoms with E-state index >= 15 is 0 Å². The van der Waals surface area contributed by atoms with Crippen molar-refractivity contribution in [3.05, 3.63) is 34.4 Å². The summed E-state index contributed by atoms with van der Waals surface area (Å²) in [6.45, 7) is 0.249. The van der Waals surface area contributed by atoms with Crippen LogP contribution in [0.2, 0.25) is 0 Å². The Morgan fingerprint density at radius 2 is 1.76 bits per heavy atom. The topological polar surface area (TPSA) is 115 Å². The molecule has 1 aliphatic carbocycles.